The number of rotatable bonds is 4. The smallest absolute Gasteiger partial charge is 0.0362 e. The highest BCUT2D eigenvalue weighted by atomic mass is 15.2. The summed E-state index contributed by atoms with van der Waals surface area (Å²) in [6, 6.07) is 0.765. The SMILES string of the molecule is CC1CCCC(N(C)C2(CN)CCCCC2C(C)C)C1. The third kappa shape index (κ3) is 3.06. The third-order valence-corrected chi connectivity index (χ3v) is 6.38. The molecule has 2 N–H and O–H groups in total. The fourth-order valence-corrected chi connectivity index (χ4v) is 5.16. The van der Waals surface area contributed by atoms with Gasteiger partial charge in [-0.15, -0.1) is 0 Å². The van der Waals surface area contributed by atoms with Crippen LogP contribution in [-0.4, -0.2) is 30.1 Å². The van der Waals surface area contributed by atoms with Crippen molar-refractivity contribution in [3.05, 3.63) is 0 Å². The van der Waals surface area contributed by atoms with E-state index in [9.17, 15) is 0 Å². The summed E-state index contributed by atoms with van der Waals surface area (Å²) in [6.07, 6.45) is 11.1. The first kappa shape index (κ1) is 16.3. The molecule has 2 rings (SSSR count). The van der Waals surface area contributed by atoms with E-state index < -0.39 is 0 Å². The van der Waals surface area contributed by atoms with Gasteiger partial charge in [0, 0.05) is 18.1 Å². The van der Waals surface area contributed by atoms with Gasteiger partial charge < -0.3 is 5.73 Å². The molecule has 0 saturated heterocycles. The van der Waals surface area contributed by atoms with Crippen LogP contribution in [0.4, 0.5) is 0 Å². The Morgan fingerprint density at radius 2 is 1.90 bits per heavy atom. The van der Waals surface area contributed by atoms with Gasteiger partial charge in [-0.1, -0.05) is 46.5 Å². The quantitative estimate of drug-likeness (QED) is 0.842. The highest BCUT2D eigenvalue weighted by Gasteiger charge is 2.46. The molecule has 0 aromatic heterocycles. The molecule has 2 heteroatoms. The van der Waals surface area contributed by atoms with E-state index in [1.54, 1.807) is 0 Å². The third-order valence-electron chi connectivity index (χ3n) is 6.38. The second-order valence-corrected chi connectivity index (χ2v) is 7.94. The first-order valence-corrected chi connectivity index (χ1v) is 8.94. The summed E-state index contributed by atoms with van der Waals surface area (Å²) in [5.74, 6) is 2.43. The summed E-state index contributed by atoms with van der Waals surface area (Å²) in [6.45, 7) is 8.07. The summed E-state index contributed by atoms with van der Waals surface area (Å²) in [7, 11) is 2.39. The first-order chi connectivity index (χ1) is 9.51. The van der Waals surface area contributed by atoms with Crippen molar-refractivity contribution in [1.29, 1.82) is 0 Å². The van der Waals surface area contributed by atoms with Gasteiger partial charge in [0.05, 0.1) is 0 Å². The maximum atomic E-state index is 6.37. The van der Waals surface area contributed by atoms with Crippen LogP contribution in [0.1, 0.15) is 72.1 Å². The monoisotopic (exact) mass is 280 g/mol. The molecule has 4 unspecified atom stereocenters. The average molecular weight is 280 g/mol. The average Bonchev–Trinajstić information content (AvgIpc) is 2.46. The Hall–Kier alpha value is -0.0800. The molecule has 0 amide bonds. The minimum atomic E-state index is 0.272. The van der Waals surface area contributed by atoms with Crippen LogP contribution in [0, 0.1) is 17.8 Å². The Morgan fingerprint density at radius 3 is 2.50 bits per heavy atom. The van der Waals surface area contributed by atoms with E-state index in [1.807, 2.05) is 0 Å². The predicted molar refractivity (Wildman–Crippen MR) is 87.8 cm³/mol. The van der Waals surface area contributed by atoms with Crippen LogP contribution in [0.3, 0.4) is 0 Å². The second kappa shape index (κ2) is 6.79. The van der Waals surface area contributed by atoms with Gasteiger partial charge in [0.25, 0.3) is 0 Å². The fraction of sp³-hybridized carbons (Fsp3) is 1.00. The Kier molecular flexibility index (Phi) is 5.53. The molecule has 2 fully saturated rings. The summed E-state index contributed by atoms with van der Waals surface area (Å²) in [4.78, 5) is 2.74. The van der Waals surface area contributed by atoms with Crippen LogP contribution >= 0.6 is 0 Å². The predicted octanol–water partition coefficient (Wildman–Crippen LogP) is 4.04. The summed E-state index contributed by atoms with van der Waals surface area (Å²) < 4.78 is 0. The fourth-order valence-electron chi connectivity index (χ4n) is 5.16. The van der Waals surface area contributed by atoms with Gasteiger partial charge in [0.1, 0.15) is 0 Å². The normalized spacial score (nSPS) is 39.5. The van der Waals surface area contributed by atoms with Crippen LogP contribution < -0.4 is 5.73 Å². The number of nitrogens with zero attached hydrogens (tertiary/aromatic N) is 1. The van der Waals surface area contributed by atoms with Crippen LogP contribution in [0.15, 0.2) is 0 Å². The number of likely N-dealkylation sites (N-methyl/N-ethyl adjacent to an activating group) is 1. The molecule has 2 aliphatic rings. The van der Waals surface area contributed by atoms with E-state index in [4.69, 9.17) is 5.73 Å². The molecule has 0 heterocycles. The summed E-state index contributed by atoms with van der Waals surface area (Å²) in [5, 5.41) is 0. The molecule has 0 bridgehead atoms. The van der Waals surface area contributed by atoms with E-state index >= 15 is 0 Å². The molecular weight excluding hydrogens is 244 g/mol. The van der Waals surface area contributed by atoms with Gasteiger partial charge in [0.15, 0.2) is 0 Å². The minimum Gasteiger partial charge on any atom is -0.329 e. The maximum absolute atomic E-state index is 6.37. The van der Waals surface area contributed by atoms with Gasteiger partial charge in [-0.25, -0.2) is 0 Å². The molecule has 2 aliphatic carbocycles. The van der Waals surface area contributed by atoms with Crippen molar-refractivity contribution in [2.24, 2.45) is 23.5 Å². The van der Waals surface area contributed by atoms with Gasteiger partial charge >= 0.3 is 0 Å². The number of hydrogen-bond donors (Lipinski definition) is 1. The minimum absolute atomic E-state index is 0.272. The van der Waals surface area contributed by atoms with E-state index in [0.717, 1.165) is 30.3 Å². The van der Waals surface area contributed by atoms with Crippen molar-refractivity contribution in [3.63, 3.8) is 0 Å². The Bertz CT molecular complexity index is 302. The van der Waals surface area contributed by atoms with Gasteiger partial charge in [-0.05, 0) is 50.5 Å². The van der Waals surface area contributed by atoms with Crippen molar-refractivity contribution in [2.75, 3.05) is 13.6 Å². The molecule has 0 aromatic rings. The summed E-state index contributed by atoms with van der Waals surface area (Å²) >= 11 is 0. The van der Waals surface area contributed by atoms with Crippen LogP contribution in [0.25, 0.3) is 0 Å². The Morgan fingerprint density at radius 1 is 1.15 bits per heavy atom. The lowest BCUT2D eigenvalue weighted by atomic mass is 9.66. The molecule has 2 nitrogen and oxygen atoms in total. The highest BCUT2D eigenvalue weighted by Crippen LogP contribution is 2.44. The molecule has 4 atom stereocenters. The van der Waals surface area contributed by atoms with Gasteiger partial charge in [0.2, 0.25) is 0 Å². The molecule has 0 aliphatic heterocycles. The van der Waals surface area contributed by atoms with Gasteiger partial charge in [-0.2, -0.15) is 0 Å². The van der Waals surface area contributed by atoms with Crippen molar-refractivity contribution in [1.82, 2.24) is 4.90 Å². The lowest BCUT2D eigenvalue weighted by Crippen LogP contribution is -2.62. The Balaban J connectivity index is 2.18. The number of nitrogens with two attached hydrogens (primary N) is 1. The molecule has 118 valence electrons. The molecule has 20 heavy (non-hydrogen) atoms. The van der Waals surface area contributed by atoms with Crippen molar-refractivity contribution in [3.8, 4) is 0 Å². The largest absolute Gasteiger partial charge is 0.329 e. The molecule has 2 saturated carbocycles. The molecule has 0 aromatic carbocycles. The standard InChI is InChI=1S/C18H36N2/c1-14(2)17-10-5-6-11-18(17,13-19)20(4)16-9-7-8-15(3)12-16/h14-17H,5-13,19H2,1-4H3. The van der Waals surface area contributed by atoms with Crippen LogP contribution in [-0.2, 0) is 0 Å². The van der Waals surface area contributed by atoms with Crippen LogP contribution in [0.2, 0.25) is 0 Å². The van der Waals surface area contributed by atoms with E-state index in [1.165, 1.54) is 51.4 Å². The zero-order valence-corrected chi connectivity index (χ0v) is 14.2. The number of hydrogen-bond acceptors (Lipinski definition) is 2. The summed E-state index contributed by atoms with van der Waals surface area (Å²) in [5.41, 5.74) is 6.64. The zero-order chi connectivity index (χ0) is 14.8. The lowest BCUT2D eigenvalue weighted by molar-refractivity contribution is -0.0359. The zero-order valence-electron chi connectivity index (χ0n) is 14.2. The Labute approximate surface area is 126 Å². The van der Waals surface area contributed by atoms with Crippen LogP contribution in [0.5, 0.6) is 0 Å². The maximum Gasteiger partial charge on any atom is 0.0362 e. The second-order valence-electron chi connectivity index (χ2n) is 7.94. The van der Waals surface area contributed by atoms with E-state index in [2.05, 4.69) is 32.7 Å². The highest BCUT2D eigenvalue weighted by molar-refractivity contribution is 5.02. The van der Waals surface area contributed by atoms with Crippen molar-refractivity contribution in [2.45, 2.75) is 83.7 Å². The van der Waals surface area contributed by atoms with E-state index in [-0.39, 0.29) is 5.54 Å². The molecular formula is C18H36N2. The molecule has 0 spiro atoms. The first-order valence-electron chi connectivity index (χ1n) is 8.94. The molecule has 0 radical (unpaired) electrons. The lowest BCUT2D eigenvalue weighted by Gasteiger charge is -2.55. The van der Waals surface area contributed by atoms with Gasteiger partial charge in [-0.3, -0.25) is 4.90 Å². The van der Waals surface area contributed by atoms with Crippen molar-refractivity contribution >= 4 is 0 Å². The van der Waals surface area contributed by atoms with E-state index in [0.29, 0.717) is 0 Å². The van der Waals surface area contributed by atoms with Crippen molar-refractivity contribution < 1.29 is 0 Å². The topological polar surface area (TPSA) is 29.3 Å².